The van der Waals surface area contributed by atoms with Crippen molar-refractivity contribution in [1.82, 2.24) is 34.7 Å². The fourth-order valence-corrected chi connectivity index (χ4v) is 3.64. The van der Waals surface area contributed by atoms with E-state index < -0.39 is 17.8 Å². The number of benzene rings is 1. The molecule has 0 saturated heterocycles. The van der Waals surface area contributed by atoms with Crippen LogP contribution in [0.25, 0.3) is 16.9 Å². The molecule has 3 heterocycles. The van der Waals surface area contributed by atoms with Crippen LogP contribution in [0.5, 0.6) is 0 Å². The zero-order chi connectivity index (χ0) is 22.3. The predicted octanol–water partition coefficient (Wildman–Crippen LogP) is 4.63. The Labute approximate surface area is 187 Å². The molecule has 0 radical (unpaired) electrons. The van der Waals surface area contributed by atoms with Gasteiger partial charge in [-0.2, -0.15) is 17.9 Å². The van der Waals surface area contributed by atoms with E-state index in [1.807, 2.05) is 0 Å². The Kier molecular flexibility index (Phi) is 5.52. The molecule has 4 rings (SSSR count). The van der Waals surface area contributed by atoms with Gasteiger partial charge >= 0.3 is 6.18 Å². The van der Waals surface area contributed by atoms with Gasteiger partial charge in [0.25, 0.3) is 5.95 Å². The maximum atomic E-state index is 13.3. The number of hydrogen-bond acceptors (Lipinski definition) is 7. The average molecular weight is 514 g/mol. The smallest absolute Gasteiger partial charge is 0.349 e. The molecule has 0 aliphatic rings. The van der Waals surface area contributed by atoms with Crippen LogP contribution in [0.15, 0.2) is 41.7 Å². The Morgan fingerprint density at radius 2 is 1.84 bits per heavy atom. The van der Waals surface area contributed by atoms with Gasteiger partial charge in [-0.15, -0.1) is 5.10 Å². The summed E-state index contributed by atoms with van der Waals surface area (Å²) in [6, 6.07) is 3.03. The number of fused-ring (bicyclic) bond motifs is 1. The van der Waals surface area contributed by atoms with E-state index in [-0.39, 0.29) is 21.7 Å². The number of aromatic nitrogens is 7. The van der Waals surface area contributed by atoms with E-state index in [0.29, 0.717) is 16.5 Å². The van der Waals surface area contributed by atoms with Gasteiger partial charge in [-0.05, 0) is 41.1 Å². The lowest BCUT2D eigenvalue weighted by atomic mass is 10.1. The molecule has 1 atom stereocenters. The van der Waals surface area contributed by atoms with Gasteiger partial charge in [-0.25, -0.2) is 24.9 Å². The first kappa shape index (κ1) is 21.4. The van der Waals surface area contributed by atoms with E-state index in [1.54, 1.807) is 37.3 Å². The lowest BCUT2D eigenvalue weighted by Gasteiger charge is -2.26. The van der Waals surface area contributed by atoms with Crippen molar-refractivity contribution in [1.29, 1.82) is 0 Å². The topological polar surface area (TPSA) is 85.5 Å². The third-order valence-corrected chi connectivity index (χ3v) is 5.26. The number of hydrogen-bond donors (Lipinski definition) is 0. The summed E-state index contributed by atoms with van der Waals surface area (Å²) in [5.41, 5.74) is -0.668. The molecule has 0 saturated carbocycles. The molecule has 13 heteroatoms. The van der Waals surface area contributed by atoms with Gasteiger partial charge in [0.15, 0.2) is 5.82 Å². The van der Waals surface area contributed by atoms with Crippen LogP contribution in [0.2, 0.25) is 5.02 Å². The highest BCUT2D eigenvalue weighted by Gasteiger charge is 2.32. The monoisotopic (exact) mass is 512 g/mol. The third kappa shape index (κ3) is 4.04. The minimum absolute atomic E-state index is 0.113. The third-order valence-electron chi connectivity index (χ3n) is 4.64. The van der Waals surface area contributed by atoms with Crippen molar-refractivity contribution in [2.45, 2.75) is 19.1 Å². The van der Waals surface area contributed by atoms with Crippen LogP contribution < -0.4 is 4.90 Å². The minimum atomic E-state index is -4.56. The molecular weight excluding hydrogens is 501 g/mol. The number of nitrogens with zero attached hydrogens (tertiary/aromatic N) is 8. The molecule has 0 amide bonds. The first-order chi connectivity index (χ1) is 14.7. The van der Waals surface area contributed by atoms with Crippen LogP contribution in [-0.2, 0) is 6.18 Å². The SMILES string of the molecule is CC(c1nc(Br)nn1-c1ncccn1)N(C)c1ncnc2c(Cl)cc(C(F)(F)F)cc12. The Hall–Kier alpha value is -2.86. The number of rotatable bonds is 4. The lowest BCUT2D eigenvalue weighted by Crippen LogP contribution is -2.26. The Morgan fingerprint density at radius 1 is 1.13 bits per heavy atom. The zero-order valence-electron chi connectivity index (χ0n) is 16.0. The fraction of sp³-hybridized carbons (Fsp3) is 0.222. The van der Waals surface area contributed by atoms with Gasteiger partial charge < -0.3 is 4.90 Å². The van der Waals surface area contributed by atoms with Crippen LogP contribution >= 0.6 is 27.5 Å². The van der Waals surface area contributed by atoms with Crippen molar-refractivity contribution in [3.63, 3.8) is 0 Å². The summed E-state index contributed by atoms with van der Waals surface area (Å²) in [4.78, 5) is 22.7. The van der Waals surface area contributed by atoms with Crippen LogP contribution in [-0.4, -0.2) is 41.7 Å². The highest BCUT2D eigenvalue weighted by molar-refractivity contribution is 9.10. The van der Waals surface area contributed by atoms with Gasteiger partial charge in [0.1, 0.15) is 12.1 Å². The van der Waals surface area contributed by atoms with E-state index in [0.717, 1.165) is 12.1 Å². The molecule has 31 heavy (non-hydrogen) atoms. The fourth-order valence-electron chi connectivity index (χ4n) is 3.03. The van der Waals surface area contributed by atoms with Crippen LogP contribution in [0, 0.1) is 0 Å². The highest BCUT2D eigenvalue weighted by Crippen LogP contribution is 2.38. The molecule has 0 bridgehead atoms. The lowest BCUT2D eigenvalue weighted by molar-refractivity contribution is -0.137. The van der Waals surface area contributed by atoms with E-state index in [1.165, 1.54) is 11.0 Å². The van der Waals surface area contributed by atoms with E-state index >= 15 is 0 Å². The maximum Gasteiger partial charge on any atom is 0.416 e. The molecule has 0 aliphatic carbocycles. The van der Waals surface area contributed by atoms with Crippen LogP contribution in [0.1, 0.15) is 24.4 Å². The summed E-state index contributed by atoms with van der Waals surface area (Å²) in [6.45, 7) is 1.80. The molecule has 0 N–H and O–H groups in total. The molecule has 1 unspecified atom stereocenters. The Bertz CT molecular complexity index is 1250. The summed E-state index contributed by atoms with van der Waals surface area (Å²) in [7, 11) is 1.68. The summed E-state index contributed by atoms with van der Waals surface area (Å²) < 4.78 is 41.8. The van der Waals surface area contributed by atoms with E-state index in [2.05, 4.69) is 45.9 Å². The molecular formula is C18H13BrClF3N8. The molecule has 0 aliphatic heterocycles. The molecule has 8 nitrogen and oxygen atoms in total. The average Bonchev–Trinajstić information content (AvgIpc) is 3.14. The van der Waals surface area contributed by atoms with Crippen molar-refractivity contribution >= 4 is 44.3 Å². The van der Waals surface area contributed by atoms with Crippen molar-refractivity contribution < 1.29 is 13.2 Å². The van der Waals surface area contributed by atoms with Gasteiger partial charge in [0.05, 0.1) is 22.1 Å². The second-order valence-corrected chi connectivity index (χ2v) is 7.65. The second kappa shape index (κ2) is 8.00. The molecule has 4 aromatic rings. The minimum Gasteiger partial charge on any atom is -0.349 e. The van der Waals surface area contributed by atoms with Gasteiger partial charge in [0.2, 0.25) is 4.73 Å². The first-order valence-electron chi connectivity index (χ1n) is 8.81. The molecule has 160 valence electrons. The van der Waals surface area contributed by atoms with Crippen LogP contribution in [0.4, 0.5) is 19.0 Å². The van der Waals surface area contributed by atoms with Gasteiger partial charge in [0, 0.05) is 24.8 Å². The number of alkyl halides is 3. The van der Waals surface area contributed by atoms with Gasteiger partial charge in [-0.3, -0.25) is 0 Å². The van der Waals surface area contributed by atoms with E-state index in [4.69, 9.17) is 11.6 Å². The molecule has 3 aromatic heterocycles. The standard InChI is InChI=1S/C18H13BrClF3N8/c1-9(14-28-16(19)29-31(14)17-24-4-3-5-25-17)30(2)15-11-6-10(18(21,22)23)7-12(20)13(11)26-8-27-15/h3-9H,1-2H3. The molecule has 0 fully saturated rings. The Balaban J connectivity index is 1.82. The quantitative estimate of drug-likeness (QED) is 0.393. The zero-order valence-corrected chi connectivity index (χ0v) is 18.4. The summed E-state index contributed by atoms with van der Waals surface area (Å²) in [5.74, 6) is 1.00. The van der Waals surface area contributed by atoms with E-state index in [9.17, 15) is 13.2 Å². The predicted molar refractivity (Wildman–Crippen MR) is 111 cm³/mol. The summed E-state index contributed by atoms with van der Waals surface area (Å²) >= 11 is 9.34. The van der Waals surface area contributed by atoms with Gasteiger partial charge in [-0.1, -0.05) is 11.6 Å². The largest absolute Gasteiger partial charge is 0.416 e. The first-order valence-corrected chi connectivity index (χ1v) is 9.98. The van der Waals surface area contributed by atoms with Crippen molar-refractivity contribution in [3.8, 4) is 5.95 Å². The van der Waals surface area contributed by atoms with Crippen molar-refractivity contribution in [3.05, 3.63) is 58.1 Å². The second-order valence-electron chi connectivity index (χ2n) is 6.54. The molecule has 0 spiro atoms. The maximum absolute atomic E-state index is 13.3. The summed E-state index contributed by atoms with van der Waals surface area (Å²) in [6.07, 6.45) is -0.185. The Morgan fingerprint density at radius 3 is 2.52 bits per heavy atom. The van der Waals surface area contributed by atoms with Crippen molar-refractivity contribution in [2.24, 2.45) is 0 Å². The van der Waals surface area contributed by atoms with Crippen molar-refractivity contribution in [2.75, 3.05) is 11.9 Å². The number of anilines is 1. The highest BCUT2D eigenvalue weighted by atomic mass is 79.9. The number of halogens is 5. The summed E-state index contributed by atoms with van der Waals surface area (Å²) in [5, 5.41) is 4.32. The molecule has 1 aromatic carbocycles. The normalized spacial score (nSPS) is 12.9. The van der Waals surface area contributed by atoms with Crippen LogP contribution in [0.3, 0.4) is 0 Å².